The zero-order chi connectivity index (χ0) is 13.6. The van der Waals surface area contributed by atoms with Gasteiger partial charge in [-0.25, -0.2) is 4.79 Å². The normalized spacial score (nSPS) is 19.4. The van der Waals surface area contributed by atoms with Crippen molar-refractivity contribution in [3.05, 3.63) is 27.1 Å². The van der Waals surface area contributed by atoms with E-state index in [-0.39, 0.29) is 36.1 Å². The minimum absolute atomic E-state index is 0.0214. The largest absolute Gasteiger partial charge is 0.327 e. The summed E-state index contributed by atoms with van der Waals surface area (Å²) in [7, 11) is 0. The summed E-state index contributed by atoms with van der Waals surface area (Å²) in [4.78, 5) is 36.7. The number of rotatable bonds is 4. The van der Waals surface area contributed by atoms with Gasteiger partial charge in [0.2, 0.25) is 0 Å². The summed E-state index contributed by atoms with van der Waals surface area (Å²) in [6, 6.07) is 1.34. The maximum Gasteiger partial charge on any atom is 0.327 e. The molecular formula is C11H11N3O4S. The number of urea groups is 1. The van der Waals surface area contributed by atoms with Gasteiger partial charge in [0.05, 0.1) is 11.5 Å². The molecule has 1 saturated carbocycles. The maximum atomic E-state index is 12.0. The van der Waals surface area contributed by atoms with Crippen LogP contribution in [0, 0.1) is 10.1 Å². The van der Waals surface area contributed by atoms with Crippen molar-refractivity contribution in [3.8, 4) is 0 Å². The Hall–Kier alpha value is -1.96. The molecule has 1 aromatic rings. The van der Waals surface area contributed by atoms with E-state index in [1.165, 1.54) is 11.0 Å². The van der Waals surface area contributed by atoms with Crippen LogP contribution in [0.3, 0.4) is 0 Å². The highest BCUT2D eigenvalue weighted by Crippen LogP contribution is 2.31. The molecule has 3 rings (SSSR count). The Labute approximate surface area is 112 Å². The van der Waals surface area contributed by atoms with Crippen LogP contribution in [0.2, 0.25) is 0 Å². The molecule has 100 valence electrons. The Morgan fingerprint density at radius 1 is 1.42 bits per heavy atom. The van der Waals surface area contributed by atoms with Gasteiger partial charge in [-0.05, 0) is 18.4 Å². The van der Waals surface area contributed by atoms with Crippen LogP contribution in [0.1, 0.15) is 18.4 Å². The number of hydrogen-bond acceptors (Lipinski definition) is 5. The molecule has 0 spiro atoms. The lowest BCUT2D eigenvalue weighted by Crippen LogP contribution is -2.33. The standard InChI is InChI=1S/C11H11N3O4S/c15-9-5-12(8-1-2-8)11(16)13(9)4-7-3-10(14(17)18)19-6-7/h3,6,8H,1-2,4-5H2. The number of nitro groups is 1. The van der Waals surface area contributed by atoms with Crippen molar-refractivity contribution in [1.29, 1.82) is 0 Å². The van der Waals surface area contributed by atoms with E-state index in [0.717, 1.165) is 24.2 Å². The number of carbonyl (C=O) groups excluding carboxylic acids is 2. The molecule has 1 aliphatic heterocycles. The molecule has 1 aliphatic carbocycles. The lowest BCUT2D eigenvalue weighted by atomic mass is 10.3. The van der Waals surface area contributed by atoms with Gasteiger partial charge in [0.1, 0.15) is 6.54 Å². The first-order chi connectivity index (χ1) is 9.06. The zero-order valence-corrected chi connectivity index (χ0v) is 10.8. The average molecular weight is 281 g/mol. The number of hydrogen-bond donors (Lipinski definition) is 0. The molecule has 8 heteroatoms. The van der Waals surface area contributed by atoms with Gasteiger partial charge in [-0.1, -0.05) is 11.3 Å². The summed E-state index contributed by atoms with van der Waals surface area (Å²) in [5.74, 6) is -0.231. The molecule has 2 aliphatic rings. The number of carbonyl (C=O) groups is 2. The van der Waals surface area contributed by atoms with Crippen molar-refractivity contribution >= 4 is 28.3 Å². The number of nitrogens with zero attached hydrogens (tertiary/aromatic N) is 3. The Balaban J connectivity index is 1.73. The van der Waals surface area contributed by atoms with E-state index in [1.807, 2.05) is 0 Å². The van der Waals surface area contributed by atoms with E-state index in [9.17, 15) is 19.7 Å². The second-order valence-corrected chi connectivity index (χ2v) is 5.56. The van der Waals surface area contributed by atoms with Crippen LogP contribution in [0.25, 0.3) is 0 Å². The van der Waals surface area contributed by atoms with Crippen LogP contribution in [-0.4, -0.2) is 39.2 Å². The molecule has 0 unspecified atom stereocenters. The highest BCUT2D eigenvalue weighted by Gasteiger charge is 2.43. The number of thiophene rings is 1. The highest BCUT2D eigenvalue weighted by atomic mass is 32.1. The topological polar surface area (TPSA) is 83.8 Å². The average Bonchev–Trinajstić information content (AvgIpc) is 3.03. The van der Waals surface area contributed by atoms with Crippen molar-refractivity contribution in [1.82, 2.24) is 9.80 Å². The van der Waals surface area contributed by atoms with Crippen molar-refractivity contribution in [2.75, 3.05) is 6.54 Å². The van der Waals surface area contributed by atoms with Gasteiger partial charge < -0.3 is 4.90 Å². The Kier molecular flexibility index (Phi) is 2.74. The molecule has 1 aromatic heterocycles. The third-order valence-electron chi connectivity index (χ3n) is 3.23. The smallest absolute Gasteiger partial charge is 0.312 e. The second kappa shape index (κ2) is 4.30. The molecular weight excluding hydrogens is 270 g/mol. The molecule has 2 fully saturated rings. The number of imide groups is 1. The van der Waals surface area contributed by atoms with Crippen molar-refractivity contribution in [2.24, 2.45) is 0 Å². The van der Waals surface area contributed by atoms with Crippen LogP contribution >= 0.6 is 11.3 Å². The van der Waals surface area contributed by atoms with Gasteiger partial charge >= 0.3 is 11.0 Å². The zero-order valence-electron chi connectivity index (χ0n) is 9.94. The van der Waals surface area contributed by atoms with Gasteiger partial charge in [-0.3, -0.25) is 19.8 Å². The Bertz CT molecular complexity index is 566. The van der Waals surface area contributed by atoms with Crippen LogP contribution in [-0.2, 0) is 11.3 Å². The van der Waals surface area contributed by atoms with E-state index >= 15 is 0 Å². The Morgan fingerprint density at radius 3 is 2.74 bits per heavy atom. The molecule has 2 heterocycles. The third-order valence-corrected chi connectivity index (χ3v) is 4.16. The van der Waals surface area contributed by atoms with E-state index in [0.29, 0.717) is 5.56 Å². The quantitative estimate of drug-likeness (QED) is 0.476. The highest BCUT2D eigenvalue weighted by molar-refractivity contribution is 7.13. The van der Waals surface area contributed by atoms with E-state index in [1.54, 1.807) is 10.3 Å². The van der Waals surface area contributed by atoms with Gasteiger partial charge in [0, 0.05) is 17.5 Å². The molecule has 19 heavy (non-hydrogen) atoms. The second-order valence-electron chi connectivity index (χ2n) is 4.67. The first kappa shape index (κ1) is 12.1. The fourth-order valence-corrected chi connectivity index (χ4v) is 2.83. The molecule has 0 N–H and O–H groups in total. The molecule has 0 atom stereocenters. The summed E-state index contributed by atoms with van der Waals surface area (Å²) in [5, 5.41) is 12.2. The lowest BCUT2D eigenvalue weighted by molar-refractivity contribution is -0.380. The predicted octanol–water partition coefficient (Wildman–Crippen LogP) is 1.58. The summed E-state index contributed by atoms with van der Waals surface area (Å²) in [5.41, 5.74) is 0.621. The van der Waals surface area contributed by atoms with Crippen LogP contribution in [0.5, 0.6) is 0 Å². The fraction of sp³-hybridized carbons (Fsp3) is 0.455. The van der Waals surface area contributed by atoms with Crippen LogP contribution in [0.15, 0.2) is 11.4 Å². The summed E-state index contributed by atoms with van der Waals surface area (Å²) >= 11 is 1.00. The SMILES string of the molecule is O=C1CN(C2CC2)C(=O)N1Cc1csc([N+](=O)[O-])c1. The van der Waals surface area contributed by atoms with E-state index in [2.05, 4.69) is 0 Å². The lowest BCUT2D eigenvalue weighted by Gasteiger charge is -2.15. The van der Waals surface area contributed by atoms with Crippen molar-refractivity contribution in [3.63, 3.8) is 0 Å². The molecule has 0 radical (unpaired) electrons. The van der Waals surface area contributed by atoms with Crippen LogP contribution < -0.4 is 0 Å². The van der Waals surface area contributed by atoms with Gasteiger partial charge in [0.15, 0.2) is 0 Å². The molecule has 7 nitrogen and oxygen atoms in total. The maximum absolute atomic E-state index is 12.0. The van der Waals surface area contributed by atoms with Crippen molar-refractivity contribution < 1.29 is 14.5 Å². The van der Waals surface area contributed by atoms with Crippen LogP contribution in [0.4, 0.5) is 9.80 Å². The minimum Gasteiger partial charge on any atom is -0.312 e. The Morgan fingerprint density at radius 2 is 2.16 bits per heavy atom. The van der Waals surface area contributed by atoms with Gasteiger partial charge in [-0.2, -0.15) is 0 Å². The first-order valence-corrected chi connectivity index (χ1v) is 6.77. The minimum atomic E-state index is -0.474. The molecule has 0 aromatic carbocycles. The van der Waals surface area contributed by atoms with E-state index in [4.69, 9.17) is 0 Å². The van der Waals surface area contributed by atoms with Crippen molar-refractivity contribution in [2.45, 2.75) is 25.4 Å². The monoisotopic (exact) mass is 281 g/mol. The third kappa shape index (κ3) is 2.19. The fourth-order valence-electron chi connectivity index (χ4n) is 2.11. The summed E-state index contributed by atoms with van der Waals surface area (Å²) < 4.78 is 0. The van der Waals surface area contributed by atoms with Gasteiger partial charge in [0.25, 0.3) is 5.91 Å². The molecule has 3 amide bonds. The molecule has 0 bridgehead atoms. The summed E-state index contributed by atoms with van der Waals surface area (Å²) in [6.07, 6.45) is 1.91. The predicted molar refractivity (Wildman–Crippen MR) is 66.6 cm³/mol. The first-order valence-electron chi connectivity index (χ1n) is 5.89. The van der Waals surface area contributed by atoms with E-state index < -0.39 is 4.92 Å². The molecule has 1 saturated heterocycles. The van der Waals surface area contributed by atoms with Gasteiger partial charge in [-0.15, -0.1) is 0 Å². The summed E-state index contributed by atoms with van der Waals surface area (Å²) in [6.45, 7) is 0.251. The number of amides is 3.